The summed E-state index contributed by atoms with van der Waals surface area (Å²) in [7, 11) is 4.52. The van der Waals surface area contributed by atoms with E-state index in [0.29, 0.717) is 17.1 Å². The molecule has 0 aliphatic rings. The summed E-state index contributed by atoms with van der Waals surface area (Å²) in [5.41, 5.74) is 0.683. The number of carbonyl (C=O) groups excluding carboxylic acids is 1. The number of carbonyl (C=O) groups is 2. The van der Waals surface area contributed by atoms with E-state index in [9.17, 15) is 9.59 Å². The van der Waals surface area contributed by atoms with Crippen LogP contribution in [0.4, 0.5) is 0 Å². The number of likely N-dealkylation sites (N-methyl/N-ethyl adjacent to an activating group) is 1. The van der Waals surface area contributed by atoms with Crippen molar-refractivity contribution in [1.82, 2.24) is 4.90 Å². The highest BCUT2D eigenvalue weighted by molar-refractivity contribution is 5.85. The number of carboxylic acid groups (broad SMARTS) is 1. The number of hydrogen-bond donors (Lipinski definition) is 1. The summed E-state index contributed by atoms with van der Waals surface area (Å²) < 4.78 is 10.3. The van der Waals surface area contributed by atoms with Crippen LogP contribution in [0.1, 0.15) is 12.5 Å². The van der Waals surface area contributed by atoms with Crippen LogP contribution in [0.3, 0.4) is 0 Å². The minimum Gasteiger partial charge on any atom is -0.497 e. The second-order valence-corrected chi connectivity index (χ2v) is 4.37. The molecule has 0 fully saturated rings. The van der Waals surface area contributed by atoms with E-state index in [-0.39, 0.29) is 12.3 Å². The first kappa shape index (κ1) is 15.8. The van der Waals surface area contributed by atoms with E-state index in [1.807, 2.05) is 0 Å². The van der Waals surface area contributed by atoms with E-state index in [0.717, 1.165) is 0 Å². The van der Waals surface area contributed by atoms with Crippen LogP contribution >= 0.6 is 0 Å². The average molecular weight is 281 g/mol. The molecular weight excluding hydrogens is 262 g/mol. The zero-order valence-corrected chi connectivity index (χ0v) is 12.0. The zero-order valence-electron chi connectivity index (χ0n) is 12.0. The van der Waals surface area contributed by atoms with Gasteiger partial charge in [0.2, 0.25) is 5.91 Å². The smallest absolute Gasteiger partial charge is 0.326 e. The molecule has 0 saturated carbocycles. The lowest BCUT2D eigenvalue weighted by molar-refractivity contribution is -0.148. The van der Waals surface area contributed by atoms with Crippen LogP contribution in [0.15, 0.2) is 18.2 Å². The Morgan fingerprint density at radius 2 is 1.95 bits per heavy atom. The van der Waals surface area contributed by atoms with E-state index in [1.165, 1.54) is 26.0 Å². The Morgan fingerprint density at radius 1 is 1.30 bits per heavy atom. The Bertz CT molecular complexity index is 500. The first-order chi connectivity index (χ1) is 9.40. The largest absolute Gasteiger partial charge is 0.497 e. The van der Waals surface area contributed by atoms with Gasteiger partial charge in [0.05, 0.1) is 20.6 Å². The maximum Gasteiger partial charge on any atom is 0.326 e. The Balaban J connectivity index is 2.87. The molecule has 0 bridgehead atoms. The van der Waals surface area contributed by atoms with Crippen LogP contribution in [0, 0.1) is 0 Å². The Hall–Kier alpha value is -2.24. The Morgan fingerprint density at radius 3 is 2.45 bits per heavy atom. The van der Waals surface area contributed by atoms with Crippen molar-refractivity contribution in [3.63, 3.8) is 0 Å². The van der Waals surface area contributed by atoms with Gasteiger partial charge in [0.25, 0.3) is 0 Å². The van der Waals surface area contributed by atoms with Crippen molar-refractivity contribution in [2.75, 3.05) is 21.3 Å². The van der Waals surface area contributed by atoms with E-state index in [1.54, 1.807) is 25.3 Å². The summed E-state index contributed by atoms with van der Waals surface area (Å²) in [6.07, 6.45) is 0.0707. The molecule has 0 aliphatic heterocycles. The van der Waals surface area contributed by atoms with Crippen LogP contribution < -0.4 is 9.47 Å². The lowest BCUT2D eigenvalue weighted by atomic mass is 10.1. The number of methoxy groups -OCH3 is 2. The van der Waals surface area contributed by atoms with Crippen molar-refractivity contribution >= 4 is 11.9 Å². The highest BCUT2D eigenvalue weighted by Crippen LogP contribution is 2.25. The summed E-state index contributed by atoms with van der Waals surface area (Å²) in [5.74, 6) is -0.162. The zero-order chi connectivity index (χ0) is 15.3. The number of rotatable bonds is 6. The molecule has 1 N–H and O–H groups in total. The third kappa shape index (κ3) is 3.63. The number of benzene rings is 1. The van der Waals surface area contributed by atoms with Gasteiger partial charge in [-0.25, -0.2) is 4.79 Å². The van der Waals surface area contributed by atoms with Crippen LogP contribution in [0.25, 0.3) is 0 Å². The van der Waals surface area contributed by atoms with Crippen LogP contribution in [-0.4, -0.2) is 49.2 Å². The maximum absolute atomic E-state index is 12.1. The maximum atomic E-state index is 12.1. The van der Waals surface area contributed by atoms with Gasteiger partial charge in [0.1, 0.15) is 17.5 Å². The minimum absolute atomic E-state index is 0.0707. The lowest BCUT2D eigenvalue weighted by Crippen LogP contribution is -2.41. The molecule has 0 spiro atoms. The second kappa shape index (κ2) is 6.79. The summed E-state index contributed by atoms with van der Waals surface area (Å²) in [4.78, 5) is 24.1. The second-order valence-electron chi connectivity index (χ2n) is 4.37. The quantitative estimate of drug-likeness (QED) is 0.847. The molecule has 1 unspecified atom stereocenters. The molecule has 0 aromatic heterocycles. The molecule has 0 saturated heterocycles. The highest BCUT2D eigenvalue weighted by Gasteiger charge is 2.22. The van der Waals surface area contributed by atoms with Crippen molar-refractivity contribution in [3.8, 4) is 11.5 Å². The fourth-order valence-electron chi connectivity index (χ4n) is 1.67. The van der Waals surface area contributed by atoms with E-state index >= 15 is 0 Å². The van der Waals surface area contributed by atoms with Gasteiger partial charge in [-0.2, -0.15) is 0 Å². The first-order valence-corrected chi connectivity index (χ1v) is 6.10. The molecule has 1 aromatic rings. The van der Waals surface area contributed by atoms with E-state index in [4.69, 9.17) is 14.6 Å². The number of hydrogen-bond acceptors (Lipinski definition) is 4. The van der Waals surface area contributed by atoms with Gasteiger partial charge in [0, 0.05) is 18.7 Å². The SMILES string of the molecule is COc1ccc(CC(=O)N(C)C(C)C(=O)O)c(OC)c1. The molecule has 110 valence electrons. The molecule has 0 heterocycles. The van der Waals surface area contributed by atoms with E-state index in [2.05, 4.69) is 0 Å². The Labute approximate surface area is 117 Å². The molecule has 1 amide bonds. The third-order valence-electron chi connectivity index (χ3n) is 3.17. The fourth-order valence-corrected chi connectivity index (χ4v) is 1.67. The Kier molecular flexibility index (Phi) is 5.37. The predicted molar refractivity (Wildman–Crippen MR) is 73.1 cm³/mol. The lowest BCUT2D eigenvalue weighted by Gasteiger charge is -2.22. The number of aliphatic carboxylic acids is 1. The summed E-state index contributed by atoms with van der Waals surface area (Å²) >= 11 is 0. The highest BCUT2D eigenvalue weighted by atomic mass is 16.5. The molecule has 1 atom stereocenters. The molecule has 1 rings (SSSR count). The molecular formula is C14H19NO5. The number of amides is 1. The minimum atomic E-state index is -1.04. The van der Waals surface area contributed by atoms with Crippen LogP contribution in [0.2, 0.25) is 0 Å². The molecule has 0 radical (unpaired) electrons. The third-order valence-corrected chi connectivity index (χ3v) is 3.17. The van der Waals surface area contributed by atoms with Crippen molar-refractivity contribution in [2.24, 2.45) is 0 Å². The topological polar surface area (TPSA) is 76.1 Å². The van der Waals surface area contributed by atoms with Crippen molar-refractivity contribution < 1.29 is 24.2 Å². The van der Waals surface area contributed by atoms with Gasteiger partial charge in [-0.1, -0.05) is 6.07 Å². The van der Waals surface area contributed by atoms with Gasteiger partial charge in [-0.15, -0.1) is 0 Å². The van der Waals surface area contributed by atoms with Crippen molar-refractivity contribution in [3.05, 3.63) is 23.8 Å². The fraction of sp³-hybridized carbons (Fsp3) is 0.429. The predicted octanol–water partition coefficient (Wildman–Crippen LogP) is 1.18. The van der Waals surface area contributed by atoms with Crippen LogP contribution in [-0.2, 0) is 16.0 Å². The van der Waals surface area contributed by atoms with Gasteiger partial charge >= 0.3 is 5.97 Å². The number of carboxylic acids is 1. The van der Waals surface area contributed by atoms with Gasteiger partial charge < -0.3 is 19.5 Å². The summed E-state index contributed by atoms with van der Waals surface area (Å²) in [5, 5.41) is 8.90. The van der Waals surface area contributed by atoms with Crippen LogP contribution in [0.5, 0.6) is 11.5 Å². The average Bonchev–Trinajstić information content (AvgIpc) is 2.45. The normalized spacial score (nSPS) is 11.6. The van der Waals surface area contributed by atoms with E-state index < -0.39 is 12.0 Å². The standard InChI is InChI=1S/C14H19NO5/c1-9(14(17)18)15(2)13(16)7-10-5-6-11(19-3)8-12(10)20-4/h5-6,8-9H,7H2,1-4H3,(H,17,18). The molecule has 0 aliphatic carbocycles. The van der Waals surface area contributed by atoms with Crippen molar-refractivity contribution in [2.45, 2.75) is 19.4 Å². The molecule has 20 heavy (non-hydrogen) atoms. The molecule has 6 heteroatoms. The molecule has 1 aromatic carbocycles. The van der Waals surface area contributed by atoms with Gasteiger partial charge in [0.15, 0.2) is 0 Å². The van der Waals surface area contributed by atoms with Gasteiger partial charge in [-0.05, 0) is 13.0 Å². The monoisotopic (exact) mass is 281 g/mol. The summed E-state index contributed by atoms with van der Waals surface area (Å²) in [6, 6.07) is 4.27. The summed E-state index contributed by atoms with van der Waals surface area (Å²) in [6.45, 7) is 1.46. The number of ether oxygens (including phenoxy) is 2. The molecule has 6 nitrogen and oxygen atoms in total. The number of nitrogens with zero attached hydrogens (tertiary/aromatic N) is 1. The van der Waals surface area contributed by atoms with Crippen molar-refractivity contribution in [1.29, 1.82) is 0 Å². The van der Waals surface area contributed by atoms with Gasteiger partial charge in [-0.3, -0.25) is 4.79 Å². The first-order valence-electron chi connectivity index (χ1n) is 6.10.